The molecule has 6 nitrogen and oxygen atoms in total. The molecule has 20 heavy (non-hydrogen) atoms. The number of anilines is 1. The Morgan fingerprint density at radius 3 is 2.65 bits per heavy atom. The molecule has 0 radical (unpaired) electrons. The number of hydrogen-bond donors (Lipinski definition) is 4. The third kappa shape index (κ3) is 5.08. The lowest BCUT2D eigenvalue weighted by Gasteiger charge is -2.17. The molecule has 0 aliphatic rings. The number of benzene rings is 1. The maximum atomic E-state index is 11.9. The van der Waals surface area contributed by atoms with Crippen molar-refractivity contribution in [3.8, 4) is 0 Å². The van der Waals surface area contributed by atoms with Crippen LogP contribution in [0.2, 0.25) is 0 Å². The summed E-state index contributed by atoms with van der Waals surface area (Å²) >= 11 is 3.40. The molecular formula is C13H19BrN4O2. The quantitative estimate of drug-likeness (QED) is 0.595. The number of hydrogen-bond acceptors (Lipinski definition) is 3. The second-order valence-corrected chi connectivity index (χ2v) is 5.28. The summed E-state index contributed by atoms with van der Waals surface area (Å²) in [5, 5.41) is 2.42. The van der Waals surface area contributed by atoms with E-state index in [9.17, 15) is 9.59 Å². The summed E-state index contributed by atoms with van der Waals surface area (Å²) in [6.45, 7) is 3.88. The fourth-order valence-corrected chi connectivity index (χ4v) is 1.92. The van der Waals surface area contributed by atoms with Gasteiger partial charge >= 0.3 is 6.03 Å². The second kappa shape index (κ2) is 7.74. The highest BCUT2D eigenvalue weighted by Gasteiger charge is 2.18. The molecule has 1 aromatic rings. The van der Waals surface area contributed by atoms with E-state index in [0.717, 1.165) is 22.1 Å². The summed E-state index contributed by atoms with van der Waals surface area (Å²) in [5.74, 6) is -0.328. The standard InChI is InChI=1S/C13H19BrN4O2/c1-3-4-11(16-13(15)20)12(19)18-17-9-5-6-10(14)8(2)7-9/h5-7,11,17H,3-4H2,1-2H3,(H,18,19)(H3,15,16,20)/t11-/m1/s1. The van der Waals surface area contributed by atoms with Crippen molar-refractivity contribution in [2.75, 3.05) is 5.43 Å². The molecule has 0 fully saturated rings. The molecule has 0 bridgehead atoms. The van der Waals surface area contributed by atoms with E-state index in [1.54, 1.807) is 0 Å². The van der Waals surface area contributed by atoms with Crippen LogP contribution < -0.4 is 21.9 Å². The highest BCUT2D eigenvalue weighted by atomic mass is 79.9. The highest BCUT2D eigenvalue weighted by Crippen LogP contribution is 2.19. The fourth-order valence-electron chi connectivity index (χ4n) is 1.67. The first-order valence-corrected chi connectivity index (χ1v) is 7.11. The number of amides is 3. The van der Waals surface area contributed by atoms with Gasteiger partial charge in [-0.15, -0.1) is 0 Å². The second-order valence-electron chi connectivity index (χ2n) is 4.43. The van der Waals surface area contributed by atoms with Crippen LogP contribution in [0.1, 0.15) is 25.3 Å². The largest absolute Gasteiger partial charge is 0.352 e. The molecule has 0 heterocycles. The summed E-state index contributed by atoms with van der Waals surface area (Å²) in [5.41, 5.74) is 12.2. The highest BCUT2D eigenvalue weighted by molar-refractivity contribution is 9.10. The summed E-state index contributed by atoms with van der Waals surface area (Å²) in [6, 6.07) is 4.25. The van der Waals surface area contributed by atoms with Gasteiger partial charge in [0.1, 0.15) is 6.04 Å². The van der Waals surface area contributed by atoms with Crippen LogP contribution in [0, 0.1) is 6.92 Å². The van der Waals surface area contributed by atoms with Gasteiger partial charge < -0.3 is 11.1 Å². The normalized spacial score (nSPS) is 11.6. The van der Waals surface area contributed by atoms with Gasteiger partial charge in [0.15, 0.2) is 0 Å². The summed E-state index contributed by atoms with van der Waals surface area (Å²) in [7, 11) is 0. The molecule has 110 valence electrons. The molecule has 0 aromatic heterocycles. The zero-order valence-electron chi connectivity index (χ0n) is 11.5. The van der Waals surface area contributed by atoms with E-state index in [1.807, 2.05) is 32.0 Å². The van der Waals surface area contributed by atoms with Crippen molar-refractivity contribution in [3.63, 3.8) is 0 Å². The lowest BCUT2D eigenvalue weighted by atomic mass is 10.1. The SMILES string of the molecule is CCC[C@@H](NC(N)=O)C(=O)NNc1ccc(Br)c(C)c1. The minimum Gasteiger partial charge on any atom is -0.352 e. The van der Waals surface area contributed by atoms with Crippen molar-refractivity contribution < 1.29 is 9.59 Å². The van der Waals surface area contributed by atoms with Crippen molar-refractivity contribution >= 4 is 33.6 Å². The predicted octanol–water partition coefficient (Wildman–Crippen LogP) is 2.04. The number of carbonyl (C=O) groups is 2. The van der Waals surface area contributed by atoms with Crippen LogP contribution >= 0.6 is 15.9 Å². The molecular weight excluding hydrogens is 324 g/mol. The number of hydrazine groups is 1. The van der Waals surface area contributed by atoms with Gasteiger partial charge in [0.2, 0.25) is 0 Å². The minimum atomic E-state index is -0.710. The third-order valence-corrected chi connectivity index (χ3v) is 3.59. The van der Waals surface area contributed by atoms with Crippen LogP contribution in [0.15, 0.2) is 22.7 Å². The Bertz CT molecular complexity index is 493. The van der Waals surface area contributed by atoms with Gasteiger partial charge in [0.25, 0.3) is 5.91 Å². The van der Waals surface area contributed by atoms with Crippen LogP contribution in [-0.2, 0) is 4.79 Å². The van der Waals surface area contributed by atoms with Crippen molar-refractivity contribution in [2.24, 2.45) is 5.73 Å². The van der Waals surface area contributed by atoms with Crippen molar-refractivity contribution in [1.82, 2.24) is 10.7 Å². The molecule has 0 saturated heterocycles. The minimum absolute atomic E-state index is 0.328. The van der Waals surface area contributed by atoms with Gasteiger partial charge in [0.05, 0.1) is 5.69 Å². The first-order chi connectivity index (χ1) is 9.43. The van der Waals surface area contributed by atoms with Crippen LogP contribution in [0.25, 0.3) is 0 Å². The fraction of sp³-hybridized carbons (Fsp3) is 0.385. The Balaban J connectivity index is 2.59. The van der Waals surface area contributed by atoms with Gasteiger partial charge in [-0.3, -0.25) is 15.6 Å². The number of nitrogens with one attached hydrogen (secondary N) is 3. The number of nitrogens with two attached hydrogens (primary N) is 1. The molecule has 7 heteroatoms. The lowest BCUT2D eigenvalue weighted by molar-refractivity contribution is -0.122. The Kier molecular flexibility index (Phi) is 6.30. The van der Waals surface area contributed by atoms with Gasteiger partial charge in [-0.2, -0.15) is 0 Å². The van der Waals surface area contributed by atoms with E-state index in [4.69, 9.17) is 5.73 Å². The van der Waals surface area contributed by atoms with Crippen LogP contribution in [0.4, 0.5) is 10.5 Å². The van der Waals surface area contributed by atoms with Crippen LogP contribution in [0.5, 0.6) is 0 Å². The molecule has 0 spiro atoms. The van der Waals surface area contributed by atoms with Crippen molar-refractivity contribution in [3.05, 3.63) is 28.2 Å². The van der Waals surface area contributed by atoms with Gasteiger partial charge in [0, 0.05) is 4.47 Å². The molecule has 1 atom stereocenters. The molecule has 3 amide bonds. The average Bonchev–Trinajstić information content (AvgIpc) is 2.39. The molecule has 1 aromatic carbocycles. The van der Waals surface area contributed by atoms with E-state index in [1.165, 1.54) is 0 Å². The summed E-state index contributed by atoms with van der Waals surface area (Å²) in [6.07, 6.45) is 1.28. The molecule has 1 rings (SSSR count). The zero-order chi connectivity index (χ0) is 15.1. The van der Waals surface area contributed by atoms with E-state index in [2.05, 4.69) is 32.1 Å². The Morgan fingerprint density at radius 1 is 1.40 bits per heavy atom. The van der Waals surface area contributed by atoms with E-state index >= 15 is 0 Å². The molecule has 0 saturated carbocycles. The van der Waals surface area contributed by atoms with E-state index in [-0.39, 0.29) is 5.91 Å². The van der Waals surface area contributed by atoms with Crippen molar-refractivity contribution in [1.29, 1.82) is 0 Å². The van der Waals surface area contributed by atoms with Gasteiger partial charge in [-0.1, -0.05) is 29.3 Å². The molecule has 0 aliphatic carbocycles. The number of rotatable bonds is 6. The topological polar surface area (TPSA) is 96.2 Å². The van der Waals surface area contributed by atoms with E-state index in [0.29, 0.717) is 6.42 Å². The molecule has 5 N–H and O–H groups in total. The smallest absolute Gasteiger partial charge is 0.312 e. The predicted molar refractivity (Wildman–Crippen MR) is 82.1 cm³/mol. The van der Waals surface area contributed by atoms with E-state index < -0.39 is 12.1 Å². The Labute approximate surface area is 126 Å². The Morgan fingerprint density at radius 2 is 2.10 bits per heavy atom. The number of primary amides is 1. The first-order valence-electron chi connectivity index (χ1n) is 6.32. The summed E-state index contributed by atoms with van der Waals surface area (Å²) < 4.78 is 0.994. The van der Waals surface area contributed by atoms with Crippen LogP contribution in [0.3, 0.4) is 0 Å². The monoisotopic (exact) mass is 342 g/mol. The zero-order valence-corrected chi connectivity index (χ0v) is 13.1. The maximum absolute atomic E-state index is 11.9. The molecule has 0 unspecified atom stereocenters. The Hall–Kier alpha value is -1.76. The number of halogens is 1. The number of urea groups is 1. The van der Waals surface area contributed by atoms with Gasteiger partial charge in [-0.05, 0) is 37.1 Å². The first kappa shape index (κ1) is 16.3. The number of aryl methyl sites for hydroxylation is 1. The maximum Gasteiger partial charge on any atom is 0.312 e. The van der Waals surface area contributed by atoms with Crippen molar-refractivity contribution in [2.45, 2.75) is 32.7 Å². The van der Waals surface area contributed by atoms with Gasteiger partial charge in [-0.25, -0.2) is 4.79 Å². The third-order valence-electron chi connectivity index (χ3n) is 2.70. The average molecular weight is 343 g/mol. The summed E-state index contributed by atoms with van der Waals surface area (Å²) in [4.78, 5) is 22.8. The van der Waals surface area contributed by atoms with Crippen LogP contribution in [-0.4, -0.2) is 18.0 Å². The number of carbonyl (C=O) groups excluding carboxylic acids is 2. The lowest BCUT2D eigenvalue weighted by Crippen LogP contribution is -2.49. The molecule has 0 aliphatic heterocycles.